The van der Waals surface area contributed by atoms with E-state index in [0.717, 1.165) is 75.2 Å². The van der Waals surface area contributed by atoms with Crippen LogP contribution in [0.15, 0.2) is 18.2 Å². The van der Waals surface area contributed by atoms with E-state index in [1.54, 1.807) is 12.1 Å². The number of nitrogens with zero attached hydrogens (tertiary/aromatic N) is 3. The first-order valence-corrected chi connectivity index (χ1v) is 13.2. The fraction of sp³-hybridized carbons (Fsp3) is 0.593. The topological polar surface area (TPSA) is 107 Å². The van der Waals surface area contributed by atoms with E-state index in [1.807, 2.05) is 6.07 Å². The Morgan fingerprint density at radius 2 is 1.58 bits per heavy atom. The number of nitrogens with one attached hydrogen (secondary N) is 1. The number of piperidine rings is 2. The van der Waals surface area contributed by atoms with E-state index >= 15 is 0 Å². The number of hydrogen-bond acceptors (Lipinski definition) is 7. The van der Waals surface area contributed by atoms with Gasteiger partial charge in [-0.05, 0) is 68.6 Å². The Morgan fingerprint density at radius 1 is 0.833 bits per heavy atom. The molecule has 1 aliphatic carbocycles. The van der Waals surface area contributed by atoms with E-state index in [-0.39, 0.29) is 24.7 Å². The normalized spacial score (nSPS) is 32.9. The van der Waals surface area contributed by atoms with Gasteiger partial charge in [-0.2, -0.15) is 0 Å². The first kappa shape index (κ1) is 23.3. The molecule has 1 aromatic carbocycles. The van der Waals surface area contributed by atoms with E-state index in [4.69, 9.17) is 0 Å². The number of anilines is 1. The van der Waals surface area contributed by atoms with Gasteiger partial charge < -0.3 is 9.69 Å². The highest BCUT2D eigenvalue weighted by Crippen LogP contribution is 2.38. The van der Waals surface area contributed by atoms with Crippen LogP contribution >= 0.6 is 0 Å². The lowest BCUT2D eigenvalue weighted by Gasteiger charge is -2.36. The van der Waals surface area contributed by atoms with E-state index in [2.05, 4.69) is 15.1 Å². The molecule has 36 heavy (non-hydrogen) atoms. The van der Waals surface area contributed by atoms with Gasteiger partial charge in [0, 0.05) is 50.2 Å². The molecule has 4 heterocycles. The van der Waals surface area contributed by atoms with Crippen molar-refractivity contribution in [3.8, 4) is 0 Å². The van der Waals surface area contributed by atoms with Gasteiger partial charge >= 0.3 is 0 Å². The second-order valence-corrected chi connectivity index (χ2v) is 11.1. The smallest absolute Gasteiger partial charge is 0.262 e. The van der Waals surface area contributed by atoms with Crippen molar-refractivity contribution in [2.45, 2.75) is 57.0 Å². The van der Waals surface area contributed by atoms with Crippen molar-refractivity contribution >= 4 is 35.6 Å². The highest BCUT2D eigenvalue weighted by Gasteiger charge is 2.45. The fourth-order valence-electron chi connectivity index (χ4n) is 7.00. The molecule has 3 unspecified atom stereocenters. The molecule has 1 saturated carbocycles. The lowest BCUT2D eigenvalue weighted by molar-refractivity contribution is -0.136. The van der Waals surface area contributed by atoms with Gasteiger partial charge in [0.25, 0.3) is 11.8 Å². The average molecular weight is 493 g/mol. The second kappa shape index (κ2) is 9.10. The van der Waals surface area contributed by atoms with Crippen molar-refractivity contribution in [1.29, 1.82) is 0 Å². The number of carbonyl (C=O) groups is 5. The molecule has 4 aliphatic heterocycles. The minimum Gasteiger partial charge on any atom is -0.371 e. The Bertz CT molecular complexity index is 1130. The van der Waals surface area contributed by atoms with Crippen LogP contribution in [0.5, 0.6) is 0 Å². The zero-order valence-electron chi connectivity index (χ0n) is 20.4. The van der Waals surface area contributed by atoms with E-state index in [9.17, 15) is 24.0 Å². The molecule has 0 aromatic heterocycles. The molecular formula is C27H32N4O5. The predicted molar refractivity (Wildman–Crippen MR) is 130 cm³/mol. The van der Waals surface area contributed by atoms with Crippen LogP contribution in [0.1, 0.15) is 65.7 Å². The number of likely N-dealkylation sites (tertiary alicyclic amines) is 1. The molecule has 9 heteroatoms. The van der Waals surface area contributed by atoms with Crippen molar-refractivity contribution in [3.63, 3.8) is 0 Å². The molecule has 1 N–H and O–H groups in total. The Kier molecular flexibility index (Phi) is 5.90. The van der Waals surface area contributed by atoms with Gasteiger partial charge in [-0.25, -0.2) is 0 Å². The Balaban J connectivity index is 1.14. The van der Waals surface area contributed by atoms with Crippen molar-refractivity contribution in [3.05, 3.63) is 29.3 Å². The van der Waals surface area contributed by atoms with E-state index in [0.29, 0.717) is 29.0 Å². The summed E-state index contributed by atoms with van der Waals surface area (Å²) in [6.45, 7) is 4.03. The van der Waals surface area contributed by atoms with Crippen molar-refractivity contribution in [1.82, 2.24) is 15.1 Å². The molecule has 4 fully saturated rings. The SMILES string of the molecule is O=CC1CCC(N2CC3CCN(c4ccc5c(c4)C(=O)N(C4CCC(=O)NC4=O)C5=O)CC3C2)CC1. The Hall–Kier alpha value is -3.07. The monoisotopic (exact) mass is 492 g/mol. The summed E-state index contributed by atoms with van der Waals surface area (Å²) in [5, 5.41) is 2.24. The molecule has 4 amide bonds. The summed E-state index contributed by atoms with van der Waals surface area (Å²) in [5.74, 6) is -0.420. The standard InChI is InChI=1S/C27H32N4O5/c32-15-16-1-3-19(4-2-16)30-12-17-9-10-29(13-18(17)14-30)20-5-6-21-22(11-20)27(36)31(26(21)35)23-7-8-24(33)28-25(23)34/h5-6,11,15-19,23H,1-4,7-10,12-14H2,(H,28,33,34). The van der Waals surface area contributed by atoms with Gasteiger partial charge in [0.1, 0.15) is 12.3 Å². The average Bonchev–Trinajstić information content (AvgIpc) is 3.42. The Morgan fingerprint density at radius 3 is 2.33 bits per heavy atom. The number of rotatable bonds is 4. The third-order valence-electron chi connectivity index (χ3n) is 9.07. The molecule has 3 saturated heterocycles. The zero-order chi connectivity index (χ0) is 25.0. The maximum Gasteiger partial charge on any atom is 0.262 e. The summed E-state index contributed by atoms with van der Waals surface area (Å²) in [6.07, 6.45) is 6.71. The van der Waals surface area contributed by atoms with Crippen LogP contribution in [0.25, 0.3) is 0 Å². The highest BCUT2D eigenvalue weighted by molar-refractivity contribution is 6.23. The van der Waals surface area contributed by atoms with Crippen LogP contribution in [0.4, 0.5) is 5.69 Å². The lowest BCUT2D eigenvalue weighted by Crippen LogP contribution is -2.54. The minimum atomic E-state index is -0.944. The lowest BCUT2D eigenvalue weighted by atomic mass is 9.86. The summed E-state index contributed by atoms with van der Waals surface area (Å²) < 4.78 is 0. The van der Waals surface area contributed by atoms with Crippen LogP contribution in [0.3, 0.4) is 0 Å². The third-order valence-corrected chi connectivity index (χ3v) is 9.07. The molecule has 5 aliphatic rings. The molecule has 3 atom stereocenters. The molecule has 0 spiro atoms. The van der Waals surface area contributed by atoms with Gasteiger partial charge in [0.15, 0.2) is 0 Å². The number of fused-ring (bicyclic) bond motifs is 2. The van der Waals surface area contributed by atoms with Gasteiger partial charge in [-0.15, -0.1) is 0 Å². The summed E-state index contributed by atoms with van der Waals surface area (Å²) in [7, 11) is 0. The van der Waals surface area contributed by atoms with Crippen LogP contribution in [0.2, 0.25) is 0 Å². The molecule has 1 aromatic rings. The van der Waals surface area contributed by atoms with Gasteiger partial charge in [-0.1, -0.05) is 0 Å². The van der Waals surface area contributed by atoms with E-state index < -0.39 is 23.8 Å². The van der Waals surface area contributed by atoms with E-state index in [1.165, 1.54) is 0 Å². The fourth-order valence-corrected chi connectivity index (χ4v) is 7.00. The molecule has 0 bridgehead atoms. The summed E-state index contributed by atoms with van der Waals surface area (Å²) in [6, 6.07) is 5.05. The predicted octanol–water partition coefficient (Wildman–Crippen LogP) is 1.60. The van der Waals surface area contributed by atoms with Crippen LogP contribution in [0, 0.1) is 17.8 Å². The molecule has 190 valence electrons. The van der Waals surface area contributed by atoms with Gasteiger partial charge in [0.2, 0.25) is 11.8 Å². The first-order chi connectivity index (χ1) is 17.4. The van der Waals surface area contributed by atoms with Crippen molar-refractivity contribution in [2.24, 2.45) is 17.8 Å². The molecule has 6 rings (SSSR count). The summed E-state index contributed by atoms with van der Waals surface area (Å²) in [4.78, 5) is 67.1. The zero-order valence-corrected chi connectivity index (χ0v) is 20.4. The van der Waals surface area contributed by atoms with Crippen LogP contribution in [-0.4, -0.2) is 78.0 Å². The maximum atomic E-state index is 13.2. The first-order valence-electron chi connectivity index (χ1n) is 13.2. The largest absolute Gasteiger partial charge is 0.371 e. The quantitative estimate of drug-likeness (QED) is 0.503. The number of aldehydes is 1. The number of benzene rings is 1. The second-order valence-electron chi connectivity index (χ2n) is 11.1. The third kappa shape index (κ3) is 3.93. The van der Waals surface area contributed by atoms with Gasteiger partial charge in [-0.3, -0.25) is 34.3 Å². The number of carbonyl (C=O) groups excluding carboxylic acids is 5. The minimum absolute atomic E-state index is 0.112. The van der Waals surface area contributed by atoms with Crippen molar-refractivity contribution in [2.75, 3.05) is 31.1 Å². The number of amides is 4. The number of hydrogen-bond donors (Lipinski definition) is 1. The molecule has 0 radical (unpaired) electrons. The highest BCUT2D eigenvalue weighted by atomic mass is 16.2. The van der Waals surface area contributed by atoms with Gasteiger partial charge in [0.05, 0.1) is 11.1 Å². The van der Waals surface area contributed by atoms with Crippen LogP contribution < -0.4 is 10.2 Å². The summed E-state index contributed by atoms with van der Waals surface area (Å²) in [5.41, 5.74) is 1.59. The Labute approximate surface area is 210 Å². The van der Waals surface area contributed by atoms with Crippen LogP contribution in [-0.2, 0) is 14.4 Å². The molecule has 9 nitrogen and oxygen atoms in total. The molecular weight excluding hydrogens is 460 g/mol. The maximum absolute atomic E-state index is 13.2. The summed E-state index contributed by atoms with van der Waals surface area (Å²) >= 11 is 0. The number of imide groups is 2. The van der Waals surface area contributed by atoms with Crippen molar-refractivity contribution < 1.29 is 24.0 Å².